The van der Waals surface area contributed by atoms with Crippen molar-refractivity contribution in [3.8, 4) is 0 Å². The van der Waals surface area contributed by atoms with Crippen LogP contribution in [-0.4, -0.2) is 11.9 Å². The molecule has 0 aliphatic rings. The van der Waals surface area contributed by atoms with Crippen LogP contribution in [0.4, 0.5) is 5.69 Å². The zero-order valence-electron chi connectivity index (χ0n) is 9.36. The molecule has 0 aliphatic carbocycles. The lowest BCUT2D eigenvalue weighted by Gasteiger charge is -2.01. The van der Waals surface area contributed by atoms with Gasteiger partial charge in [0, 0.05) is 0 Å². The van der Waals surface area contributed by atoms with E-state index in [-0.39, 0.29) is 11.9 Å². The first-order chi connectivity index (χ1) is 7.52. The summed E-state index contributed by atoms with van der Waals surface area (Å²) in [6.45, 7) is 4.03. The first-order valence-electron chi connectivity index (χ1n) is 4.75. The molecule has 16 heavy (non-hydrogen) atoms. The van der Waals surface area contributed by atoms with Crippen molar-refractivity contribution in [2.45, 2.75) is 13.8 Å². The number of hydrogen-bond donors (Lipinski definition) is 4. The van der Waals surface area contributed by atoms with Crippen molar-refractivity contribution in [1.82, 2.24) is 5.43 Å². The van der Waals surface area contributed by atoms with E-state index in [1.807, 2.05) is 32.0 Å². The lowest BCUT2D eigenvalue weighted by atomic mass is 10.1. The van der Waals surface area contributed by atoms with Gasteiger partial charge in [0.2, 0.25) is 11.9 Å². The van der Waals surface area contributed by atoms with E-state index in [4.69, 9.17) is 17.3 Å². The van der Waals surface area contributed by atoms with Gasteiger partial charge in [0.1, 0.15) is 0 Å². The molecule has 0 aromatic heterocycles. The van der Waals surface area contributed by atoms with Crippen molar-refractivity contribution in [3.05, 3.63) is 29.3 Å². The fourth-order valence-corrected chi connectivity index (χ4v) is 1.11. The average molecular weight is 220 g/mol. The lowest BCUT2D eigenvalue weighted by molar-refractivity contribution is 1.01. The molecule has 7 N–H and O–H groups in total. The summed E-state index contributed by atoms with van der Waals surface area (Å²) in [5.74, 6) is 5.11. The van der Waals surface area contributed by atoms with Crippen LogP contribution in [0, 0.1) is 13.8 Å². The maximum absolute atomic E-state index is 5.56. The van der Waals surface area contributed by atoms with Crippen molar-refractivity contribution in [2.75, 3.05) is 0 Å². The molecule has 1 aromatic rings. The number of nitrogens with one attached hydrogen (secondary N) is 1. The van der Waals surface area contributed by atoms with E-state index in [1.54, 1.807) is 0 Å². The van der Waals surface area contributed by atoms with Crippen LogP contribution in [0.25, 0.3) is 0 Å². The third-order valence-corrected chi connectivity index (χ3v) is 2.12. The van der Waals surface area contributed by atoms with Gasteiger partial charge in [0.25, 0.3) is 0 Å². The second-order valence-electron chi connectivity index (χ2n) is 3.38. The number of aryl methyl sites for hydroxylation is 2. The minimum Gasteiger partial charge on any atom is -0.368 e. The normalized spacial score (nSPS) is 12.7. The molecule has 0 radical (unpaired) electrons. The molecule has 0 bridgehead atoms. The minimum absolute atomic E-state index is 0.0186. The van der Waals surface area contributed by atoms with Crippen molar-refractivity contribution in [2.24, 2.45) is 27.3 Å². The van der Waals surface area contributed by atoms with E-state index >= 15 is 0 Å². The highest BCUT2D eigenvalue weighted by atomic mass is 15.3. The molecule has 0 heterocycles. The fourth-order valence-electron chi connectivity index (χ4n) is 1.11. The molecule has 6 heteroatoms. The van der Waals surface area contributed by atoms with E-state index in [1.165, 1.54) is 5.56 Å². The van der Waals surface area contributed by atoms with Gasteiger partial charge in [-0.2, -0.15) is 4.99 Å². The van der Waals surface area contributed by atoms with E-state index in [2.05, 4.69) is 15.4 Å². The Morgan fingerprint density at radius 2 is 1.88 bits per heavy atom. The molecule has 0 spiro atoms. The van der Waals surface area contributed by atoms with Gasteiger partial charge in [0.15, 0.2) is 0 Å². The second-order valence-corrected chi connectivity index (χ2v) is 3.38. The molecular weight excluding hydrogens is 204 g/mol. The van der Waals surface area contributed by atoms with Crippen LogP contribution in [0.15, 0.2) is 28.2 Å². The molecular formula is C10H16N6. The van der Waals surface area contributed by atoms with E-state index in [9.17, 15) is 0 Å². The van der Waals surface area contributed by atoms with Gasteiger partial charge in [-0.3, -0.25) is 5.43 Å². The Hall–Kier alpha value is -2.08. The van der Waals surface area contributed by atoms with Crippen LogP contribution in [0.1, 0.15) is 11.1 Å². The SMILES string of the molecule is Cc1ccc(N=C(N)/N=C(\N)NN)cc1C. The Balaban J connectivity index is 2.94. The molecule has 1 aromatic carbocycles. The summed E-state index contributed by atoms with van der Waals surface area (Å²) in [4.78, 5) is 7.81. The molecule has 0 saturated heterocycles. The molecule has 1 rings (SSSR count). The maximum atomic E-state index is 5.56. The Bertz CT molecular complexity index is 435. The largest absolute Gasteiger partial charge is 0.368 e. The monoisotopic (exact) mass is 220 g/mol. The van der Waals surface area contributed by atoms with Crippen LogP contribution in [0.2, 0.25) is 0 Å². The highest BCUT2D eigenvalue weighted by molar-refractivity contribution is 5.94. The second kappa shape index (κ2) is 5.13. The van der Waals surface area contributed by atoms with Gasteiger partial charge < -0.3 is 11.5 Å². The summed E-state index contributed by atoms with van der Waals surface area (Å²) >= 11 is 0. The molecule has 0 atom stereocenters. The number of hydrazine groups is 1. The molecule has 0 fully saturated rings. The zero-order valence-corrected chi connectivity index (χ0v) is 9.36. The number of nitrogens with two attached hydrogens (primary N) is 3. The van der Waals surface area contributed by atoms with Crippen LogP contribution >= 0.6 is 0 Å². The van der Waals surface area contributed by atoms with Gasteiger partial charge in [-0.25, -0.2) is 10.8 Å². The predicted octanol–water partition coefficient (Wildman–Crippen LogP) is 0.0276. The van der Waals surface area contributed by atoms with Gasteiger partial charge >= 0.3 is 0 Å². The van der Waals surface area contributed by atoms with E-state index in [0.29, 0.717) is 0 Å². The summed E-state index contributed by atoms with van der Waals surface area (Å²) in [6.07, 6.45) is 0. The van der Waals surface area contributed by atoms with Crippen LogP contribution in [-0.2, 0) is 0 Å². The molecule has 0 aliphatic heterocycles. The van der Waals surface area contributed by atoms with Crippen molar-refractivity contribution < 1.29 is 0 Å². The summed E-state index contributed by atoms with van der Waals surface area (Å²) in [5.41, 5.74) is 16.1. The molecule has 0 saturated carbocycles. The lowest BCUT2D eigenvalue weighted by Crippen LogP contribution is -2.38. The third-order valence-electron chi connectivity index (χ3n) is 2.12. The number of nitrogens with zero attached hydrogens (tertiary/aromatic N) is 2. The van der Waals surface area contributed by atoms with Gasteiger partial charge in [-0.1, -0.05) is 6.07 Å². The Morgan fingerprint density at radius 3 is 2.44 bits per heavy atom. The predicted molar refractivity (Wildman–Crippen MR) is 66.1 cm³/mol. The van der Waals surface area contributed by atoms with Crippen LogP contribution in [0.5, 0.6) is 0 Å². The summed E-state index contributed by atoms with van der Waals surface area (Å²) in [6, 6.07) is 5.75. The van der Waals surface area contributed by atoms with Gasteiger partial charge in [-0.05, 0) is 37.1 Å². The van der Waals surface area contributed by atoms with Gasteiger partial charge in [-0.15, -0.1) is 0 Å². The third kappa shape index (κ3) is 3.25. The fraction of sp³-hybridized carbons (Fsp3) is 0.200. The molecule has 86 valence electrons. The van der Waals surface area contributed by atoms with Crippen LogP contribution < -0.4 is 22.7 Å². The molecule has 0 unspecified atom stereocenters. The summed E-state index contributed by atoms with van der Waals surface area (Å²) in [5, 5.41) is 0. The Morgan fingerprint density at radius 1 is 1.19 bits per heavy atom. The number of hydrogen-bond acceptors (Lipinski definition) is 2. The van der Waals surface area contributed by atoms with Crippen molar-refractivity contribution in [1.29, 1.82) is 0 Å². The van der Waals surface area contributed by atoms with Crippen molar-refractivity contribution >= 4 is 17.6 Å². The quantitative estimate of drug-likeness (QED) is 0.231. The average Bonchev–Trinajstić information content (AvgIpc) is 2.23. The smallest absolute Gasteiger partial charge is 0.223 e. The van der Waals surface area contributed by atoms with Crippen LogP contribution in [0.3, 0.4) is 0 Å². The first-order valence-corrected chi connectivity index (χ1v) is 4.75. The zero-order chi connectivity index (χ0) is 12.1. The topological polar surface area (TPSA) is 115 Å². The van der Waals surface area contributed by atoms with Crippen molar-refractivity contribution in [3.63, 3.8) is 0 Å². The number of guanidine groups is 2. The van der Waals surface area contributed by atoms with E-state index < -0.39 is 0 Å². The maximum Gasteiger partial charge on any atom is 0.223 e. The summed E-state index contributed by atoms with van der Waals surface area (Å²) in [7, 11) is 0. The number of aliphatic imine (C=N–C) groups is 2. The van der Waals surface area contributed by atoms with Gasteiger partial charge in [0.05, 0.1) is 5.69 Å². The molecule has 0 amide bonds. The Labute approximate surface area is 94.2 Å². The minimum atomic E-state index is 0.0186. The first kappa shape index (κ1) is 12.0. The Kier molecular flexibility index (Phi) is 3.84. The highest BCUT2D eigenvalue weighted by Crippen LogP contribution is 2.16. The molecule has 6 nitrogen and oxygen atoms in total. The van der Waals surface area contributed by atoms with E-state index in [0.717, 1.165) is 11.3 Å². The highest BCUT2D eigenvalue weighted by Gasteiger charge is 1.96. The summed E-state index contributed by atoms with van der Waals surface area (Å²) < 4.78 is 0. The number of benzene rings is 1. The number of rotatable bonds is 1. The standard InChI is InChI=1S/C10H16N6/c1-6-3-4-8(5-7(6)2)14-9(11)15-10(12)16-13/h3-5H,13H2,1-2H3,(H5,11,12,14,15,16).